The van der Waals surface area contributed by atoms with Crippen LogP contribution in [0.2, 0.25) is 0 Å². The summed E-state index contributed by atoms with van der Waals surface area (Å²) in [7, 11) is 0. The zero-order chi connectivity index (χ0) is 11.9. The molecule has 2 aliphatic carbocycles. The Bertz CT molecular complexity index is 315. The molecule has 0 aromatic heterocycles. The van der Waals surface area contributed by atoms with Crippen LogP contribution in [0.4, 0.5) is 0 Å². The molecule has 90 valence electrons. The summed E-state index contributed by atoms with van der Waals surface area (Å²) in [6, 6.07) is 0. The fraction of sp³-hybridized carbons (Fsp3) is 0.800. The SMILES string of the molecule is C=C1CCC[C@]2(C)CCC(C(C)C)C(=O)C12. The minimum absolute atomic E-state index is 0.169. The molecule has 0 aromatic carbocycles. The summed E-state index contributed by atoms with van der Waals surface area (Å²) in [4.78, 5) is 12.6. The molecule has 2 aliphatic rings. The molecule has 0 aromatic rings. The third-order valence-corrected chi connectivity index (χ3v) is 4.83. The Morgan fingerprint density at radius 3 is 2.69 bits per heavy atom. The van der Waals surface area contributed by atoms with Crippen molar-refractivity contribution in [1.82, 2.24) is 0 Å². The lowest BCUT2D eigenvalue weighted by Crippen LogP contribution is -2.46. The van der Waals surface area contributed by atoms with Crippen molar-refractivity contribution in [2.75, 3.05) is 0 Å². The van der Waals surface area contributed by atoms with Crippen LogP contribution in [0.3, 0.4) is 0 Å². The van der Waals surface area contributed by atoms with Gasteiger partial charge in [0.15, 0.2) is 0 Å². The van der Waals surface area contributed by atoms with Gasteiger partial charge in [-0.15, -0.1) is 0 Å². The van der Waals surface area contributed by atoms with Crippen molar-refractivity contribution < 1.29 is 4.79 Å². The van der Waals surface area contributed by atoms with Gasteiger partial charge in [0.1, 0.15) is 5.78 Å². The van der Waals surface area contributed by atoms with Crippen molar-refractivity contribution in [2.45, 2.75) is 52.9 Å². The Morgan fingerprint density at radius 1 is 1.38 bits per heavy atom. The predicted octanol–water partition coefficient (Wildman–Crippen LogP) is 3.98. The van der Waals surface area contributed by atoms with Crippen molar-refractivity contribution in [3.05, 3.63) is 12.2 Å². The van der Waals surface area contributed by atoms with E-state index in [1.165, 1.54) is 24.8 Å². The Balaban J connectivity index is 2.27. The number of hydrogen-bond donors (Lipinski definition) is 0. The first-order valence-corrected chi connectivity index (χ1v) is 6.67. The van der Waals surface area contributed by atoms with E-state index in [2.05, 4.69) is 27.4 Å². The molecule has 0 radical (unpaired) electrons. The van der Waals surface area contributed by atoms with Crippen LogP contribution in [0, 0.1) is 23.2 Å². The summed E-state index contributed by atoms with van der Waals surface area (Å²) in [6.45, 7) is 10.8. The van der Waals surface area contributed by atoms with Gasteiger partial charge < -0.3 is 0 Å². The zero-order valence-electron chi connectivity index (χ0n) is 10.9. The Labute approximate surface area is 99.3 Å². The van der Waals surface area contributed by atoms with Crippen LogP contribution in [0.1, 0.15) is 52.9 Å². The zero-order valence-corrected chi connectivity index (χ0v) is 10.9. The molecule has 0 heterocycles. The minimum Gasteiger partial charge on any atom is -0.299 e. The maximum absolute atomic E-state index is 12.6. The summed E-state index contributed by atoms with van der Waals surface area (Å²) in [5.74, 6) is 1.44. The van der Waals surface area contributed by atoms with Gasteiger partial charge in [-0.2, -0.15) is 0 Å². The van der Waals surface area contributed by atoms with E-state index >= 15 is 0 Å². The third-order valence-electron chi connectivity index (χ3n) is 4.83. The van der Waals surface area contributed by atoms with Crippen LogP contribution in [0.25, 0.3) is 0 Å². The molecule has 2 saturated carbocycles. The van der Waals surface area contributed by atoms with Crippen LogP contribution >= 0.6 is 0 Å². The van der Waals surface area contributed by atoms with Crippen molar-refractivity contribution in [3.8, 4) is 0 Å². The van der Waals surface area contributed by atoms with E-state index in [0.717, 1.165) is 12.8 Å². The number of rotatable bonds is 1. The highest BCUT2D eigenvalue weighted by atomic mass is 16.1. The van der Waals surface area contributed by atoms with Gasteiger partial charge in [-0.25, -0.2) is 0 Å². The lowest BCUT2D eigenvalue weighted by molar-refractivity contribution is -0.136. The smallest absolute Gasteiger partial charge is 0.143 e. The number of Topliss-reactive ketones (excluding diaryl/α,β-unsaturated/α-hetero) is 1. The van der Waals surface area contributed by atoms with Gasteiger partial charge >= 0.3 is 0 Å². The van der Waals surface area contributed by atoms with Crippen LogP contribution in [0.15, 0.2) is 12.2 Å². The molecule has 0 spiro atoms. The molecule has 2 rings (SSSR count). The van der Waals surface area contributed by atoms with Crippen LogP contribution < -0.4 is 0 Å². The second-order valence-corrected chi connectivity index (χ2v) is 6.39. The Morgan fingerprint density at radius 2 is 2.06 bits per heavy atom. The number of hydrogen-bond acceptors (Lipinski definition) is 1. The topological polar surface area (TPSA) is 17.1 Å². The number of allylic oxidation sites excluding steroid dienone is 1. The van der Waals surface area contributed by atoms with Crippen molar-refractivity contribution in [2.24, 2.45) is 23.2 Å². The molecule has 0 aliphatic heterocycles. The molecular formula is C15H24O. The fourth-order valence-corrected chi connectivity index (χ4v) is 3.82. The first-order valence-electron chi connectivity index (χ1n) is 6.67. The van der Waals surface area contributed by atoms with Gasteiger partial charge in [-0.1, -0.05) is 32.9 Å². The van der Waals surface area contributed by atoms with Gasteiger partial charge in [-0.05, 0) is 43.4 Å². The fourth-order valence-electron chi connectivity index (χ4n) is 3.82. The Kier molecular flexibility index (Phi) is 2.98. The minimum atomic E-state index is 0.169. The van der Waals surface area contributed by atoms with E-state index in [9.17, 15) is 4.79 Å². The normalized spacial score (nSPS) is 40.0. The van der Waals surface area contributed by atoms with Crippen molar-refractivity contribution >= 4 is 5.78 Å². The molecule has 16 heavy (non-hydrogen) atoms. The Hall–Kier alpha value is -0.590. The number of ketones is 1. The van der Waals surface area contributed by atoms with Crippen molar-refractivity contribution in [1.29, 1.82) is 0 Å². The van der Waals surface area contributed by atoms with Gasteiger partial charge in [-0.3, -0.25) is 4.79 Å². The second-order valence-electron chi connectivity index (χ2n) is 6.39. The van der Waals surface area contributed by atoms with E-state index in [0.29, 0.717) is 11.7 Å². The predicted molar refractivity (Wildman–Crippen MR) is 67.2 cm³/mol. The molecule has 0 saturated heterocycles. The number of carbonyl (C=O) groups excluding carboxylic acids is 1. The molecule has 0 amide bonds. The summed E-state index contributed by atoms with van der Waals surface area (Å²) < 4.78 is 0. The van der Waals surface area contributed by atoms with E-state index < -0.39 is 0 Å². The molecule has 3 atom stereocenters. The molecule has 2 fully saturated rings. The highest BCUT2D eigenvalue weighted by Gasteiger charge is 2.48. The summed E-state index contributed by atoms with van der Waals surface area (Å²) in [5.41, 5.74) is 1.45. The number of fused-ring (bicyclic) bond motifs is 1. The van der Waals surface area contributed by atoms with Gasteiger partial charge in [0.05, 0.1) is 0 Å². The molecule has 1 nitrogen and oxygen atoms in total. The monoisotopic (exact) mass is 220 g/mol. The first kappa shape index (κ1) is 11.9. The molecule has 1 heteroatoms. The summed E-state index contributed by atoms with van der Waals surface area (Å²) in [6.07, 6.45) is 5.82. The van der Waals surface area contributed by atoms with Gasteiger partial charge in [0, 0.05) is 11.8 Å². The quantitative estimate of drug-likeness (QED) is 0.611. The average Bonchev–Trinajstić information content (AvgIpc) is 2.16. The highest BCUT2D eigenvalue weighted by molar-refractivity contribution is 5.87. The van der Waals surface area contributed by atoms with Crippen LogP contribution in [-0.4, -0.2) is 5.78 Å². The van der Waals surface area contributed by atoms with Crippen molar-refractivity contribution in [3.63, 3.8) is 0 Å². The second kappa shape index (κ2) is 4.01. The number of carbonyl (C=O) groups is 1. The maximum Gasteiger partial charge on any atom is 0.143 e. The largest absolute Gasteiger partial charge is 0.299 e. The molecule has 0 bridgehead atoms. The van der Waals surface area contributed by atoms with Gasteiger partial charge in [0.25, 0.3) is 0 Å². The van der Waals surface area contributed by atoms with Crippen LogP contribution in [0.5, 0.6) is 0 Å². The molecule has 2 unspecified atom stereocenters. The first-order chi connectivity index (χ1) is 7.46. The van der Waals surface area contributed by atoms with E-state index in [1.807, 2.05) is 0 Å². The summed E-state index contributed by atoms with van der Waals surface area (Å²) in [5, 5.41) is 0. The van der Waals surface area contributed by atoms with E-state index in [1.54, 1.807) is 0 Å². The lowest BCUT2D eigenvalue weighted by Gasteiger charge is -2.48. The van der Waals surface area contributed by atoms with E-state index in [-0.39, 0.29) is 17.3 Å². The third kappa shape index (κ3) is 1.74. The maximum atomic E-state index is 12.6. The molecular weight excluding hydrogens is 196 g/mol. The lowest BCUT2D eigenvalue weighted by atomic mass is 9.55. The average molecular weight is 220 g/mol. The van der Waals surface area contributed by atoms with E-state index in [4.69, 9.17) is 0 Å². The standard InChI is InChI=1S/C15H24O/c1-10(2)12-7-9-15(4)8-5-6-11(3)13(15)14(12)16/h10,12-13H,3,5-9H2,1-2,4H3/t12?,13?,15-/m1/s1. The highest BCUT2D eigenvalue weighted by Crippen LogP contribution is 2.52. The molecule has 0 N–H and O–H groups in total. The van der Waals surface area contributed by atoms with Crippen LogP contribution in [-0.2, 0) is 4.79 Å². The summed E-state index contributed by atoms with van der Waals surface area (Å²) >= 11 is 0. The van der Waals surface area contributed by atoms with Gasteiger partial charge in [0.2, 0.25) is 0 Å².